The van der Waals surface area contributed by atoms with Gasteiger partial charge in [0, 0.05) is 34.8 Å². The van der Waals surface area contributed by atoms with Crippen LogP contribution < -0.4 is 10.1 Å². The molecule has 1 fully saturated rings. The first kappa shape index (κ1) is 20.6. The van der Waals surface area contributed by atoms with Crippen molar-refractivity contribution in [3.63, 3.8) is 0 Å². The third kappa shape index (κ3) is 4.89. The fourth-order valence-electron chi connectivity index (χ4n) is 3.92. The fourth-order valence-corrected chi connectivity index (χ4v) is 4.76. The molecule has 5 nitrogen and oxygen atoms in total. The number of hydrogen-bond donors (Lipinski definition) is 1. The number of nitrogens with one attached hydrogen (secondary N) is 1. The summed E-state index contributed by atoms with van der Waals surface area (Å²) in [7, 11) is 1.66. The minimum absolute atomic E-state index is 0.0443. The number of rotatable bonds is 6. The number of aryl methyl sites for hydroxylation is 1. The standard InChI is InChI=1S/C24H27N3O2S/c1-17-25-15-21(30-17)16-27-12-10-18(11-13-27)24(28)26-23-9-4-3-8-22(23)19-6-5-7-20(14-19)29-2/h3-9,14-15,18H,10-13,16H2,1-2H3,(H,26,28). The number of amides is 1. The van der Waals surface area contributed by atoms with Crippen molar-refractivity contribution in [1.82, 2.24) is 9.88 Å². The van der Waals surface area contributed by atoms with Crippen LogP contribution in [0.15, 0.2) is 54.7 Å². The van der Waals surface area contributed by atoms with Gasteiger partial charge < -0.3 is 10.1 Å². The third-order valence-corrected chi connectivity index (χ3v) is 6.47. The highest BCUT2D eigenvalue weighted by Gasteiger charge is 2.25. The summed E-state index contributed by atoms with van der Waals surface area (Å²) in [6, 6.07) is 15.9. The Morgan fingerprint density at radius 2 is 2.00 bits per heavy atom. The van der Waals surface area contributed by atoms with E-state index in [4.69, 9.17) is 4.74 Å². The van der Waals surface area contributed by atoms with Gasteiger partial charge in [-0.15, -0.1) is 11.3 Å². The molecule has 1 saturated heterocycles. The molecule has 1 aliphatic heterocycles. The Bertz CT molecular complexity index is 1010. The molecule has 2 aromatic carbocycles. The summed E-state index contributed by atoms with van der Waals surface area (Å²) in [5, 5.41) is 4.28. The van der Waals surface area contributed by atoms with Gasteiger partial charge in [0.2, 0.25) is 5.91 Å². The maximum Gasteiger partial charge on any atom is 0.227 e. The SMILES string of the molecule is COc1cccc(-c2ccccc2NC(=O)C2CCN(Cc3cnc(C)s3)CC2)c1. The molecule has 3 aromatic rings. The summed E-state index contributed by atoms with van der Waals surface area (Å²) in [6.45, 7) is 4.84. The van der Waals surface area contributed by atoms with E-state index in [0.717, 1.165) is 60.0 Å². The highest BCUT2D eigenvalue weighted by molar-refractivity contribution is 7.11. The fraction of sp³-hybridized carbons (Fsp3) is 0.333. The van der Waals surface area contributed by atoms with Crippen LogP contribution in [0.2, 0.25) is 0 Å². The second kappa shape index (κ2) is 9.41. The lowest BCUT2D eigenvalue weighted by molar-refractivity contribution is -0.121. The van der Waals surface area contributed by atoms with E-state index in [1.807, 2.05) is 61.7 Å². The lowest BCUT2D eigenvalue weighted by atomic mass is 9.95. The Kier molecular flexibility index (Phi) is 6.45. The third-order valence-electron chi connectivity index (χ3n) is 5.57. The Balaban J connectivity index is 1.39. The predicted molar refractivity (Wildman–Crippen MR) is 122 cm³/mol. The van der Waals surface area contributed by atoms with Gasteiger partial charge >= 0.3 is 0 Å². The molecule has 156 valence electrons. The molecule has 1 N–H and O–H groups in total. The van der Waals surface area contributed by atoms with Crippen molar-refractivity contribution in [3.8, 4) is 16.9 Å². The van der Waals surface area contributed by atoms with Crippen LogP contribution >= 0.6 is 11.3 Å². The Hall–Kier alpha value is -2.70. The lowest BCUT2D eigenvalue weighted by Gasteiger charge is -2.31. The van der Waals surface area contributed by atoms with E-state index >= 15 is 0 Å². The first-order chi connectivity index (χ1) is 14.6. The molecule has 4 rings (SSSR count). The minimum atomic E-state index is 0.0443. The van der Waals surface area contributed by atoms with Gasteiger partial charge in [-0.1, -0.05) is 30.3 Å². The largest absolute Gasteiger partial charge is 0.497 e. The minimum Gasteiger partial charge on any atom is -0.497 e. The lowest BCUT2D eigenvalue weighted by Crippen LogP contribution is -2.37. The number of para-hydroxylation sites is 1. The van der Waals surface area contributed by atoms with Gasteiger partial charge in [0.1, 0.15) is 5.75 Å². The first-order valence-corrected chi connectivity index (χ1v) is 11.1. The molecule has 0 aliphatic carbocycles. The van der Waals surface area contributed by atoms with Crippen molar-refractivity contribution >= 4 is 22.9 Å². The first-order valence-electron chi connectivity index (χ1n) is 10.3. The molecule has 0 spiro atoms. The van der Waals surface area contributed by atoms with Gasteiger partial charge in [0.05, 0.1) is 12.1 Å². The molecule has 2 heterocycles. The van der Waals surface area contributed by atoms with Gasteiger partial charge in [0.15, 0.2) is 0 Å². The number of aromatic nitrogens is 1. The van der Waals surface area contributed by atoms with E-state index in [1.165, 1.54) is 4.88 Å². The van der Waals surface area contributed by atoms with Crippen LogP contribution in [0, 0.1) is 12.8 Å². The molecule has 0 saturated carbocycles. The zero-order valence-electron chi connectivity index (χ0n) is 17.4. The number of benzene rings is 2. The topological polar surface area (TPSA) is 54.5 Å². The molecule has 0 bridgehead atoms. The quantitative estimate of drug-likeness (QED) is 0.610. The second-order valence-corrected chi connectivity index (χ2v) is 8.98. The van der Waals surface area contributed by atoms with Crippen molar-refractivity contribution in [1.29, 1.82) is 0 Å². The predicted octanol–water partition coefficient (Wildman–Crippen LogP) is 4.98. The van der Waals surface area contributed by atoms with Crippen LogP contribution in [-0.4, -0.2) is 36.0 Å². The van der Waals surface area contributed by atoms with Crippen molar-refractivity contribution in [2.75, 3.05) is 25.5 Å². The number of likely N-dealkylation sites (tertiary alicyclic amines) is 1. The summed E-state index contributed by atoms with van der Waals surface area (Å²) >= 11 is 1.75. The highest BCUT2D eigenvalue weighted by atomic mass is 32.1. The van der Waals surface area contributed by atoms with Crippen LogP contribution in [0.25, 0.3) is 11.1 Å². The number of ether oxygens (including phenoxy) is 1. The van der Waals surface area contributed by atoms with Crippen LogP contribution in [-0.2, 0) is 11.3 Å². The molecule has 0 atom stereocenters. The van der Waals surface area contributed by atoms with Crippen molar-refractivity contribution < 1.29 is 9.53 Å². The molecule has 0 unspecified atom stereocenters. The van der Waals surface area contributed by atoms with Crippen LogP contribution in [0.5, 0.6) is 5.75 Å². The van der Waals surface area contributed by atoms with Gasteiger partial charge in [-0.25, -0.2) is 4.98 Å². The average Bonchev–Trinajstić information content (AvgIpc) is 3.19. The highest BCUT2D eigenvalue weighted by Crippen LogP contribution is 2.31. The number of thiazole rings is 1. The van der Waals surface area contributed by atoms with E-state index in [1.54, 1.807) is 18.4 Å². The molecule has 1 amide bonds. The average molecular weight is 422 g/mol. The normalized spacial score (nSPS) is 15.1. The molecule has 6 heteroatoms. The second-order valence-electron chi connectivity index (χ2n) is 7.66. The summed E-state index contributed by atoms with van der Waals surface area (Å²) < 4.78 is 5.35. The maximum atomic E-state index is 13.0. The van der Waals surface area contributed by atoms with Crippen LogP contribution in [0.1, 0.15) is 22.7 Å². The molecular weight excluding hydrogens is 394 g/mol. The molecular formula is C24H27N3O2S. The van der Waals surface area contributed by atoms with E-state index in [9.17, 15) is 4.79 Å². The van der Waals surface area contributed by atoms with E-state index < -0.39 is 0 Å². The molecule has 30 heavy (non-hydrogen) atoms. The number of anilines is 1. The van der Waals surface area contributed by atoms with Crippen molar-refractivity contribution in [2.24, 2.45) is 5.92 Å². The maximum absolute atomic E-state index is 13.0. The van der Waals surface area contributed by atoms with Crippen molar-refractivity contribution in [3.05, 3.63) is 64.6 Å². The zero-order valence-corrected chi connectivity index (χ0v) is 18.2. The van der Waals surface area contributed by atoms with Crippen molar-refractivity contribution in [2.45, 2.75) is 26.3 Å². The van der Waals surface area contributed by atoms with Crippen LogP contribution in [0.3, 0.4) is 0 Å². The monoisotopic (exact) mass is 421 g/mol. The number of nitrogens with zero attached hydrogens (tertiary/aromatic N) is 2. The summed E-state index contributed by atoms with van der Waals surface area (Å²) in [5.41, 5.74) is 2.88. The van der Waals surface area contributed by atoms with Gasteiger partial charge in [-0.3, -0.25) is 9.69 Å². The molecule has 1 aliphatic rings. The Morgan fingerprint density at radius 3 is 2.73 bits per heavy atom. The van der Waals surface area contributed by atoms with Crippen LogP contribution in [0.4, 0.5) is 5.69 Å². The van der Waals surface area contributed by atoms with E-state index in [0.29, 0.717) is 0 Å². The number of methoxy groups -OCH3 is 1. The van der Waals surface area contributed by atoms with E-state index in [-0.39, 0.29) is 11.8 Å². The van der Waals surface area contributed by atoms with E-state index in [2.05, 4.69) is 15.2 Å². The number of piperidine rings is 1. The molecule has 1 aromatic heterocycles. The Morgan fingerprint density at radius 1 is 1.20 bits per heavy atom. The van der Waals surface area contributed by atoms with Gasteiger partial charge in [0.25, 0.3) is 0 Å². The van der Waals surface area contributed by atoms with Gasteiger partial charge in [-0.2, -0.15) is 0 Å². The zero-order chi connectivity index (χ0) is 20.9. The summed E-state index contributed by atoms with van der Waals surface area (Å²) in [5.74, 6) is 0.957. The molecule has 0 radical (unpaired) electrons. The smallest absolute Gasteiger partial charge is 0.227 e. The number of carbonyl (C=O) groups is 1. The number of hydrogen-bond acceptors (Lipinski definition) is 5. The Labute approximate surface area is 181 Å². The summed E-state index contributed by atoms with van der Waals surface area (Å²) in [4.78, 5) is 21.0. The van der Waals surface area contributed by atoms with Gasteiger partial charge in [-0.05, 0) is 56.6 Å². The summed E-state index contributed by atoms with van der Waals surface area (Å²) in [6.07, 6.45) is 3.73. The number of carbonyl (C=O) groups excluding carboxylic acids is 1.